The van der Waals surface area contributed by atoms with E-state index in [-0.39, 0.29) is 6.03 Å². The standard InChI is InChI=1S/C16H17N5O3S2/c1-10-8-12(24-20-10)16(3-5-23-6-4-16)19-14(22)18-15-17-13(21-26-15)11-2-7-25-9-11/h2,7-9H,3-6H2,1H3,(H2,17,18,19,21,22). The van der Waals surface area contributed by atoms with Gasteiger partial charge in [0.2, 0.25) is 5.13 Å². The van der Waals surface area contributed by atoms with Crippen molar-refractivity contribution in [3.05, 3.63) is 34.3 Å². The molecule has 1 aliphatic heterocycles. The number of amides is 2. The quantitative estimate of drug-likeness (QED) is 0.707. The highest BCUT2D eigenvalue weighted by Gasteiger charge is 2.39. The lowest BCUT2D eigenvalue weighted by Gasteiger charge is -2.35. The van der Waals surface area contributed by atoms with Gasteiger partial charge in [-0.25, -0.2) is 4.79 Å². The summed E-state index contributed by atoms with van der Waals surface area (Å²) in [6, 6.07) is 3.44. The van der Waals surface area contributed by atoms with Crippen LogP contribution in [0, 0.1) is 6.92 Å². The molecule has 0 unspecified atom stereocenters. The summed E-state index contributed by atoms with van der Waals surface area (Å²) >= 11 is 2.72. The third-order valence-electron chi connectivity index (χ3n) is 4.22. The van der Waals surface area contributed by atoms with Crippen LogP contribution in [0.3, 0.4) is 0 Å². The number of carbonyl (C=O) groups excluding carboxylic acids is 1. The van der Waals surface area contributed by atoms with Crippen molar-refractivity contribution in [2.24, 2.45) is 0 Å². The van der Waals surface area contributed by atoms with E-state index in [1.54, 1.807) is 11.3 Å². The lowest BCUT2D eigenvalue weighted by molar-refractivity contribution is 0.0307. The molecule has 8 nitrogen and oxygen atoms in total. The van der Waals surface area contributed by atoms with Gasteiger partial charge in [-0.2, -0.15) is 20.7 Å². The van der Waals surface area contributed by atoms with Crippen LogP contribution >= 0.6 is 22.9 Å². The number of nitrogens with zero attached hydrogens (tertiary/aromatic N) is 3. The molecule has 4 rings (SSSR count). The molecule has 0 radical (unpaired) electrons. The molecule has 2 N–H and O–H groups in total. The van der Waals surface area contributed by atoms with Crippen molar-refractivity contribution >= 4 is 34.0 Å². The van der Waals surface area contributed by atoms with Gasteiger partial charge in [0.25, 0.3) is 0 Å². The zero-order valence-electron chi connectivity index (χ0n) is 14.0. The minimum atomic E-state index is -0.634. The lowest BCUT2D eigenvalue weighted by Crippen LogP contribution is -2.50. The average molecular weight is 391 g/mol. The van der Waals surface area contributed by atoms with E-state index in [1.165, 1.54) is 0 Å². The van der Waals surface area contributed by atoms with Gasteiger partial charge in [-0.15, -0.1) is 0 Å². The van der Waals surface area contributed by atoms with Crippen LogP contribution in [0.4, 0.5) is 9.93 Å². The van der Waals surface area contributed by atoms with Crippen LogP contribution < -0.4 is 10.6 Å². The number of nitrogens with one attached hydrogen (secondary N) is 2. The van der Waals surface area contributed by atoms with E-state index in [9.17, 15) is 4.79 Å². The Balaban J connectivity index is 1.48. The number of hydrogen-bond donors (Lipinski definition) is 2. The van der Waals surface area contributed by atoms with E-state index in [2.05, 4.69) is 25.1 Å². The van der Waals surface area contributed by atoms with Crippen LogP contribution in [0.5, 0.6) is 0 Å². The van der Waals surface area contributed by atoms with Gasteiger partial charge in [-0.3, -0.25) is 5.32 Å². The van der Waals surface area contributed by atoms with E-state index in [4.69, 9.17) is 9.26 Å². The normalized spacial score (nSPS) is 16.3. The monoisotopic (exact) mass is 391 g/mol. The van der Waals surface area contributed by atoms with Crippen molar-refractivity contribution in [1.29, 1.82) is 0 Å². The van der Waals surface area contributed by atoms with Gasteiger partial charge in [0.1, 0.15) is 5.54 Å². The molecule has 0 spiro atoms. The molecular formula is C16H17N5O3S2. The number of anilines is 1. The number of thiophene rings is 1. The minimum Gasteiger partial charge on any atom is -0.381 e. The fourth-order valence-electron chi connectivity index (χ4n) is 2.87. The average Bonchev–Trinajstić information content (AvgIpc) is 3.36. The largest absolute Gasteiger partial charge is 0.381 e. The molecular weight excluding hydrogens is 374 g/mol. The third kappa shape index (κ3) is 3.48. The molecule has 1 aliphatic rings. The third-order valence-corrected chi connectivity index (χ3v) is 5.54. The fourth-order valence-corrected chi connectivity index (χ4v) is 4.09. The van der Waals surface area contributed by atoms with Crippen molar-refractivity contribution in [3.8, 4) is 11.4 Å². The Morgan fingerprint density at radius 3 is 2.88 bits per heavy atom. The van der Waals surface area contributed by atoms with Gasteiger partial charge in [-0.05, 0) is 18.4 Å². The van der Waals surface area contributed by atoms with Crippen LogP contribution in [0.25, 0.3) is 11.4 Å². The van der Waals surface area contributed by atoms with Gasteiger partial charge in [0, 0.05) is 54.6 Å². The van der Waals surface area contributed by atoms with Crippen LogP contribution in [0.2, 0.25) is 0 Å². The predicted octanol–water partition coefficient (Wildman–Crippen LogP) is 3.39. The van der Waals surface area contributed by atoms with Gasteiger partial charge in [0.05, 0.1) is 5.69 Å². The first-order chi connectivity index (χ1) is 12.6. The first-order valence-electron chi connectivity index (χ1n) is 8.12. The highest BCUT2D eigenvalue weighted by atomic mass is 32.1. The predicted molar refractivity (Wildman–Crippen MR) is 98.3 cm³/mol. The maximum Gasteiger partial charge on any atom is 0.321 e. The van der Waals surface area contributed by atoms with Crippen LogP contribution in [-0.4, -0.2) is 33.8 Å². The number of ether oxygens (including phenoxy) is 1. The molecule has 1 fully saturated rings. The zero-order valence-corrected chi connectivity index (χ0v) is 15.7. The molecule has 26 heavy (non-hydrogen) atoms. The summed E-state index contributed by atoms with van der Waals surface area (Å²) in [7, 11) is 0. The second-order valence-corrected chi connectivity index (χ2v) is 7.57. The summed E-state index contributed by atoms with van der Waals surface area (Å²) in [5.74, 6) is 1.25. The molecule has 0 aliphatic carbocycles. The first kappa shape index (κ1) is 17.1. The zero-order chi connectivity index (χ0) is 18.0. The Kier molecular flexibility index (Phi) is 4.70. The molecule has 4 heterocycles. The Bertz CT molecular complexity index is 883. The van der Waals surface area contributed by atoms with Gasteiger partial charge >= 0.3 is 6.03 Å². The molecule has 3 aromatic heterocycles. The SMILES string of the molecule is Cc1cc(C2(NC(=O)Nc3nc(-c4ccsc4)ns3)CCOCC2)on1. The number of rotatable bonds is 4. The smallest absolute Gasteiger partial charge is 0.321 e. The van der Waals surface area contributed by atoms with E-state index >= 15 is 0 Å². The van der Waals surface area contributed by atoms with E-state index in [0.717, 1.165) is 22.8 Å². The van der Waals surface area contributed by atoms with Gasteiger partial charge < -0.3 is 14.6 Å². The van der Waals surface area contributed by atoms with Crippen molar-refractivity contribution in [2.75, 3.05) is 18.5 Å². The molecule has 3 aromatic rings. The Morgan fingerprint density at radius 2 is 2.19 bits per heavy atom. The Morgan fingerprint density at radius 1 is 1.35 bits per heavy atom. The number of urea groups is 1. The summed E-state index contributed by atoms with van der Waals surface area (Å²) in [5.41, 5.74) is 1.08. The minimum absolute atomic E-state index is 0.353. The maximum absolute atomic E-state index is 12.6. The molecule has 0 bridgehead atoms. The van der Waals surface area contributed by atoms with Crippen LogP contribution in [0.15, 0.2) is 27.4 Å². The van der Waals surface area contributed by atoms with E-state index < -0.39 is 5.54 Å². The molecule has 0 atom stereocenters. The Hall–Kier alpha value is -2.30. The molecule has 10 heteroatoms. The van der Waals surface area contributed by atoms with Crippen molar-refractivity contribution < 1.29 is 14.1 Å². The van der Waals surface area contributed by atoms with Crippen LogP contribution in [0.1, 0.15) is 24.3 Å². The molecule has 1 saturated heterocycles. The highest BCUT2D eigenvalue weighted by molar-refractivity contribution is 7.10. The van der Waals surface area contributed by atoms with Crippen molar-refractivity contribution in [1.82, 2.24) is 19.8 Å². The topological polar surface area (TPSA) is 102 Å². The fraction of sp³-hybridized carbons (Fsp3) is 0.375. The first-order valence-corrected chi connectivity index (χ1v) is 9.83. The second kappa shape index (κ2) is 7.14. The van der Waals surface area contributed by atoms with E-state index in [0.29, 0.717) is 42.8 Å². The maximum atomic E-state index is 12.6. The van der Waals surface area contributed by atoms with Crippen molar-refractivity contribution in [3.63, 3.8) is 0 Å². The molecule has 0 saturated carbocycles. The van der Waals surface area contributed by atoms with Crippen molar-refractivity contribution in [2.45, 2.75) is 25.3 Å². The number of aryl methyl sites for hydroxylation is 1. The van der Waals surface area contributed by atoms with Gasteiger partial charge in [0.15, 0.2) is 11.6 Å². The summed E-state index contributed by atoms with van der Waals surface area (Å²) in [6.07, 6.45) is 1.23. The summed E-state index contributed by atoms with van der Waals surface area (Å²) < 4.78 is 15.2. The van der Waals surface area contributed by atoms with E-state index in [1.807, 2.05) is 29.8 Å². The summed E-state index contributed by atoms with van der Waals surface area (Å²) in [5, 5.41) is 14.1. The number of carbonyl (C=O) groups is 1. The second-order valence-electron chi connectivity index (χ2n) is 6.04. The summed E-state index contributed by atoms with van der Waals surface area (Å²) in [4.78, 5) is 16.9. The highest BCUT2D eigenvalue weighted by Crippen LogP contribution is 2.33. The number of aromatic nitrogens is 3. The van der Waals surface area contributed by atoms with Crippen LogP contribution in [-0.2, 0) is 10.3 Å². The molecule has 0 aromatic carbocycles. The lowest BCUT2D eigenvalue weighted by atomic mass is 9.87. The summed E-state index contributed by atoms with van der Waals surface area (Å²) in [6.45, 7) is 2.94. The Labute approximate surface area is 157 Å². The molecule has 2 amide bonds. The molecule has 136 valence electrons. The number of hydrogen-bond acceptors (Lipinski definition) is 8. The van der Waals surface area contributed by atoms with Gasteiger partial charge in [-0.1, -0.05) is 5.16 Å².